The highest BCUT2D eigenvalue weighted by Gasteiger charge is 2.28. The van der Waals surface area contributed by atoms with Crippen LogP contribution in [0.2, 0.25) is 0 Å². The van der Waals surface area contributed by atoms with Gasteiger partial charge >= 0.3 is 0 Å². The predicted octanol–water partition coefficient (Wildman–Crippen LogP) is 5.41. The fourth-order valence-electron chi connectivity index (χ4n) is 5.53. The molecule has 1 unspecified atom stereocenters. The molecule has 1 atom stereocenters. The summed E-state index contributed by atoms with van der Waals surface area (Å²) in [7, 11) is 3.35. The molecule has 0 saturated carbocycles. The number of nitrogens with zero attached hydrogens (tertiary/aromatic N) is 3. The van der Waals surface area contributed by atoms with Crippen molar-refractivity contribution in [2.24, 2.45) is 0 Å². The molecule has 6 nitrogen and oxygen atoms in total. The summed E-state index contributed by atoms with van der Waals surface area (Å²) in [5.41, 5.74) is 5.26. The van der Waals surface area contributed by atoms with Crippen LogP contribution < -0.4 is 14.4 Å². The highest BCUT2D eigenvalue weighted by Crippen LogP contribution is 2.31. The lowest BCUT2D eigenvalue weighted by molar-refractivity contribution is 0.0918. The number of hydrogen-bond acceptors (Lipinski definition) is 5. The van der Waals surface area contributed by atoms with E-state index < -0.39 is 0 Å². The quantitative estimate of drug-likeness (QED) is 0.305. The first-order valence-electron chi connectivity index (χ1n) is 12.9. The maximum absolute atomic E-state index is 13.8. The second-order valence-electron chi connectivity index (χ2n) is 9.81. The summed E-state index contributed by atoms with van der Waals surface area (Å²) < 4.78 is 13.1. The third-order valence-corrected chi connectivity index (χ3v) is 7.48. The van der Waals surface area contributed by atoms with E-state index in [1.54, 1.807) is 14.2 Å². The lowest BCUT2D eigenvalue weighted by Crippen LogP contribution is -2.53. The maximum atomic E-state index is 13.8. The summed E-state index contributed by atoms with van der Waals surface area (Å²) in [6.07, 6.45) is 0. The first-order chi connectivity index (χ1) is 18.0. The zero-order valence-corrected chi connectivity index (χ0v) is 22.1. The molecule has 0 aliphatic carbocycles. The first kappa shape index (κ1) is 24.9. The van der Waals surface area contributed by atoms with Gasteiger partial charge in [-0.05, 0) is 61.9 Å². The minimum absolute atomic E-state index is 0.160. The van der Waals surface area contributed by atoms with Gasteiger partial charge in [-0.1, -0.05) is 30.3 Å². The van der Waals surface area contributed by atoms with E-state index in [4.69, 9.17) is 9.47 Å². The third-order valence-electron chi connectivity index (χ3n) is 7.48. The molecule has 0 amide bonds. The number of anilines is 1. The van der Waals surface area contributed by atoms with E-state index in [1.807, 2.05) is 30.3 Å². The van der Waals surface area contributed by atoms with Crippen molar-refractivity contribution in [1.82, 2.24) is 9.47 Å². The molecule has 37 heavy (non-hydrogen) atoms. The molecule has 1 saturated heterocycles. The second kappa shape index (κ2) is 10.7. The van der Waals surface area contributed by atoms with E-state index in [1.165, 1.54) is 11.3 Å². The molecule has 1 fully saturated rings. The topological polar surface area (TPSA) is 46.9 Å². The Morgan fingerprint density at radius 3 is 2.30 bits per heavy atom. The van der Waals surface area contributed by atoms with Gasteiger partial charge in [-0.3, -0.25) is 9.69 Å². The standard InChI is InChI=1S/C31H35N3O3/c1-22-19-32(16-17-33(22)25-10-12-26(36-3)13-11-25)21-30(35)31-23(2)34(20-24-8-6-5-7-9-24)29-15-14-27(37-4)18-28(29)31/h5-15,18,22H,16-17,19-21H2,1-4H3. The van der Waals surface area contributed by atoms with E-state index in [2.05, 4.69) is 70.7 Å². The number of carbonyl (C=O) groups is 1. The van der Waals surface area contributed by atoms with Gasteiger partial charge in [-0.2, -0.15) is 0 Å². The fraction of sp³-hybridized carbons (Fsp3) is 0.323. The number of Topliss-reactive ketones (excluding diaryl/α,β-unsaturated/α-hetero) is 1. The highest BCUT2D eigenvalue weighted by atomic mass is 16.5. The van der Waals surface area contributed by atoms with Crippen molar-refractivity contribution in [2.75, 3.05) is 45.3 Å². The average molecular weight is 498 g/mol. The van der Waals surface area contributed by atoms with Crippen LogP contribution in [0, 0.1) is 6.92 Å². The summed E-state index contributed by atoms with van der Waals surface area (Å²) >= 11 is 0. The number of carbonyl (C=O) groups excluding carboxylic acids is 1. The fourth-order valence-corrected chi connectivity index (χ4v) is 5.53. The van der Waals surface area contributed by atoms with Crippen LogP contribution in [0.25, 0.3) is 10.9 Å². The van der Waals surface area contributed by atoms with Crippen LogP contribution in [0.1, 0.15) is 28.5 Å². The van der Waals surface area contributed by atoms with Crippen LogP contribution in [0.3, 0.4) is 0 Å². The molecule has 6 heteroatoms. The van der Waals surface area contributed by atoms with Crippen molar-refractivity contribution >= 4 is 22.4 Å². The largest absolute Gasteiger partial charge is 0.497 e. The maximum Gasteiger partial charge on any atom is 0.179 e. The number of ketones is 1. The summed E-state index contributed by atoms with van der Waals surface area (Å²) in [5, 5.41) is 0.961. The van der Waals surface area contributed by atoms with Crippen molar-refractivity contribution in [1.29, 1.82) is 0 Å². The Morgan fingerprint density at radius 1 is 0.919 bits per heavy atom. The molecular weight excluding hydrogens is 462 g/mol. The van der Waals surface area contributed by atoms with E-state index in [-0.39, 0.29) is 5.78 Å². The molecule has 0 radical (unpaired) electrons. The lowest BCUT2D eigenvalue weighted by Gasteiger charge is -2.41. The lowest BCUT2D eigenvalue weighted by atomic mass is 10.0. The number of aromatic nitrogens is 1. The highest BCUT2D eigenvalue weighted by molar-refractivity contribution is 6.10. The Bertz CT molecular complexity index is 1380. The normalized spacial score (nSPS) is 16.2. The third kappa shape index (κ3) is 5.07. The Hall–Kier alpha value is -3.77. The molecule has 3 aromatic carbocycles. The number of rotatable bonds is 8. The van der Waals surface area contributed by atoms with Gasteiger partial charge in [0.2, 0.25) is 0 Å². The number of benzene rings is 3. The second-order valence-corrected chi connectivity index (χ2v) is 9.81. The average Bonchev–Trinajstić information content (AvgIpc) is 3.19. The monoisotopic (exact) mass is 497 g/mol. The van der Waals surface area contributed by atoms with Crippen molar-refractivity contribution < 1.29 is 14.3 Å². The van der Waals surface area contributed by atoms with Crippen molar-refractivity contribution in [3.8, 4) is 11.5 Å². The summed E-state index contributed by atoms with van der Waals surface area (Å²) in [5.74, 6) is 1.78. The Kier molecular flexibility index (Phi) is 7.19. The molecule has 0 bridgehead atoms. The van der Waals surface area contributed by atoms with Gasteiger partial charge in [0.15, 0.2) is 5.78 Å². The smallest absolute Gasteiger partial charge is 0.179 e. The van der Waals surface area contributed by atoms with E-state index in [0.29, 0.717) is 12.6 Å². The Balaban J connectivity index is 1.37. The zero-order chi connectivity index (χ0) is 25.9. The summed E-state index contributed by atoms with van der Waals surface area (Å²) in [4.78, 5) is 18.5. The number of ether oxygens (including phenoxy) is 2. The minimum Gasteiger partial charge on any atom is -0.497 e. The van der Waals surface area contributed by atoms with Crippen molar-refractivity contribution in [3.63, 3.8) is 0 Å². The SMILES string of the molecule is COc1ccc(N2CCN(CC(=O)c3c(C)n(Cc4ccccc4)c4ccc(OC)cc34)CC2C)cc1. The summed E-state index contributed by atoms with van der Waals surface area (Å²) in [6, 6.07) is 24.9. The molecule has 1 aromatic heterocycles. The van der Waals surface area contributed by atoms with E-state index in [9.17, 15) is 4.79 Å². The van der Waals surface area contributed by atoms with Gasteiger partial charge in [0, 0.05) is 60.1 Å². The van der Waals surface area contributed by atoms with Gasteiger partial charge in [0.25, 0.3) is 0 Å². The molecule has 2 heterocycles. The zero-order valence-electron chi connectivity index (χ0n) is 22.1. The molecule has 5 rings (SSSR count). The number of methoxy groups -OCH3 is 2. The predicted molar refractivity (Wildman–Crippen MR) is 149 cm³/mol. The molecule has 192 valence electrons. The van der Waals surface area contributed by atoms with E-state index in [0.717, 1.165) is 59.8 Å². The van der Waals surface area contributed by atoms with Gasteiger partial charge in [0.1, 0.15) is 11.5 Å². The molecule has 4 aromatic rings. The van der Waals surface area contributed by atoms with E-state index >= 15 is 0 Å². The number of fused-ring (bicyclic) bond motifs is 1. The molecular formula is C31H35N3O3. The van der Waals surface area contributed by atoms with Crippen LogP contribution in [-0.4, -0.2) is 61.7 Å². The van der Waals surface area contributed by atoms with Crippen LogP contribution >= 0.6 is 0 Å². The van der Waals surface area contributed by atoms with Crippen molar-refractivity contribution in [2.45, 2.75) is 26.4 Å². The Labute approximate surface area is 219 Å². The molecule has 0 N–H and O–H groups in total. The van der Waals surface area contributed by atoms with Gasteiger partial charge in [-0.15, -0.1) is 0 Å². The first-order valence-corrected chi connectivity index (χ1v) is 12.9. The van der Waals surface area contributed by atoms with Crippen LogP contribution in [0.15, 0.2) is 72.8 Å². The van der Waals surface area contributed by atoms with Gasteiger partial charge < -0.3 is 18.9 Å². The minimum atomic E-state index is 0.160. The number of hydrogen-bond donors (Lipinski definition) is 0. The van der Waals surface area contributed by atoms with Crippen molar-refractivity contribution in [3.05, 3.63) is 89.6 Å². The van der Waals surface area contributed by atoms with Crippen LogP contribution in [0.5, 0.6) is 11.5 Å². The number of piperazine rings is 1. The van der Waals surface area contributed by atoms with Gasteiger partial charge in [0.05, 0.1) is 20.8 Å². The molecule has 0 spiro atoms. The van der Waals surface area contributed by atoms with Crippen LogP contribution in [-0.2, 0) is 6.54 Å². The molecule has 1 aliphatic rings. The summed E-state index contributed by atoms with van der Waals surface area (Å²) in [6.45, 7) is 7.97. The molecule has 1 aliphatic heterocycles. The van der Waals surface area contributed by atoms with Gasteiger partial charge in [-0.25, -0.2) is 0 Å². The van der Waals surface area contributed by atoms with Crippen LogP contribution in [0.4, 0.5) is 5.69 Å². The Morgan fingerprint density at radius 2 is 1.62 bits per heavy atom.